The van der Waals surface area contributed by atoms with Crippen LogP contribution in [0.4, 0.5) is 11.4 Å². The van der Waals surface area contributed by atoms with E-state index < -0.39 is 0 Å². The summed E-state index contributed by atoms with van der Waals surface area (Å²) in [6.45, 7) is 0.209. The van der Waals surface area contributed by atoms with Crippen LogP contribution in [0.5, 0.6) is 5.75 Å². The summed E-state index contributed by atoms with van der Waals surface area (Å²) in [5.41, 5.74) is 8.76. The molecule has 0 amide bonds. The highest BCUT2D eigenvalue weighted by Gasteiger charge is 2.08. The Balaban J connectivity index is 1.62. The highest BCUT2D eigenvalue weighted by atomic mass is 32.1. The van der Waals surface area contributed by atoms with E-state index in [1.165, 1.54) is 0 Å². The monoisotopic (exact) mass is 426 g/mol. The number of benzene rings is 2. The van der Waals surface area contributed by atoms with E-state index in [4.69, 9.17) is 40.2 Å². The number of nitrogens with one attached hydrogen (secondary N) is 3. The third-order valence-electron chi connectivity index (χ3n) is 4.08. The topological polar surface area (TPSA) is 125 Å². The summed E-state index contributed by atoms with van der Waals surface area (Å²) in [5.74, 6) is 0.398. The molecule has 0 saturated heterocycles. The first-order valence-corrected chi connectivity index (χ1v) is 9.43. The molecule has 0 radical (unpaired) electrons. The van der Waals surface area contributed by atoms with E-state index in [2.05, 4.69) is 15.5 Å². The fraction of sp³-hybridized carbons (Fsp3) is 0.158. The summed E-state index contributed by atoms with van der Waals surface area (Å²) in [4.78, 5) is 11.6. The Morgan fingerprint density at radius 3 is 2.66 bits per heavy atom. The zero-order chi connectivity index (χ0) is 20.8. The number of aromatic nitrogens is 3. The predicted molar refractivity (Wildman–Crippen MR) is 115 cm³/mol. The third kappa shape index (κ3) is 5.10. The van der Waals surface area contributed by atoms with Crippen LogP contribution in [0.1, 0.15) is 12.0 Å². The first-order valence-electron chi connectivity index (χ1n) is 8.62. The number of aromatic amines is 2. The van der Waals surface area contributed by atoms with Gasteiger partial charge in [0, 0.05) is 23.9 Å². The largest absolute Gasteiger partial charge is 0.473 e. The van der Waals surface area contributed by atoms with E-state index in [0.29, 0.717) is 26.5 Å². The molecule has 29 heavy (non-hydrogen) atoms. The maximum absolute atomic E-state index is 11.6. The molecule has 1 heterocycles. The minimum absolute atomic E-state index is 0.125. The fourth-order valence-electron chi connectivity index (χ4n) is 2.69. The molecule has 0 bridgehead atoms. The molecule has 0 unspecified atom stereocenters. The van der Waals surface area contributed by atoms with Crippen LogP contribution in [0.25, 0.3) is 5.69 Å². The number of nitrogens with zero attached hydrogens (tertiary/aromatic N) is 2. The van der Waals surface area contributed by atoms with E-state index in [1.54, 1.807) is 22.8 Å². The van der Waals surface area contributed by atoms with Crippen LogP contribution in [0.15, 0.2) is 42.5 Å². The van der Waals surface area contributed by atoms with Gasteiger partial charge in [-0.2, -0.15) is 5.26 Å². The van der Waals surface area contributed by atoms with Crippen LogP contribution in [0.3, 0.4) is 0 Å². The van der Waals surface area contributed by atoms with Crippen molar-refractivity contribution >= 4 is 41.6 Å². The summed E-state index contributed by atoms with van der Waals surface area (Å²) in [7, 11) is 0. The van der Waals surface area contributed by atoms with Crippen molar-refractivity contribution in [3.63, 3.8) is 0 Å². The molecular formula is C19H18N6O2S2. The van der Waals surface area contributed by atoms with Gasteiger partial charge in [0.25, 0.3) is 0 Å². The Morgan fingerprint density at radius 2 is 1.97 bits per heavy atom. The lowest BCUT2D eigenvalue weighted by Crippen LogP contribution is -2.10. The standard InChI is InChI=1S/C19H18N6O2S2/c20-7-6-15(26)8-12-4-5-16(10-17(12)21)27-11-22-13-2-1-3-14(9-13)25-18(28)23-24-19(25)29/h1-5,9-10,22H,6,8,11,21H2,(H,23,28)(H,24,29). The van der Waals surface area contributed by atoms with Crippen LogP contribution in [-0.2, 0) is 11.2 Å². The van der Waals surface area contributed by atoms with Crippen LogP contribution >= 0.6 is 24.4 Å². The average molecular weight is 427 g/mol. The molecule has 3 aromatic rings. The molecule has 0 atom stereocenters. The van der Waals surface area contributed by atoms with Crippen molar-refractivity contribution in [1.82, 2.24) is 14.8 Å². The van der Waals surface area contributed by atoms with Crippen LogP contribution in [0.2, 0.25) is 0 Å². The zero-order valence-corrected chi connectivity index (χ0v) is 16.9. The molecule has 0 aliphatic carbocycles. The van der Waals surface area contributed by atoms with E-state index in [1.807, 2.05) is 30.3 Å². The number of hydrogen-bond donors (Lipinski definition) is 4. The summed E-state index contributed by atoms with van der Waals surface area (Å²) in [6.07, 6.45) is 0.00826. The van der Waals surface area contributed by atoms with Crippen molar-refractivity contribution < 1.29 is 9.53 Å². The van der Waals surface area contributed by atoms with Gasteiger partial charge in [0.2, 0.25) is 0 Å². The summed E-state index contributed by atoms with van der Waals surface area (Å²) in [5, 5.41) is 17.3. The van der Waals surface area contributed by atoms with Gasteiger partial charge in [-0.3, -0.25) is 19.6 Å². The molecule has 0 fully saturated rings. The number of hydrogen-bond acceptors (Lipinski definition) is 7. The quantitative estimate of drug-likeness (QED) is 0.246. The molecule has 0 spiro atoms. The molecule has 10 heteroatoms. The molecule has 5 N–H and O–H groups in total. The SMILES string of the molecule is N#CCC(=O)Cc1ccc(OCNc2cccc(-n3c(=S)[nH][nH]c3=S)c2)cc1N. The van der Waals surface area contributed by atoms with Gasteiger partial charge < -0.3 is 15.8 Å². The van der Waals surface area contributed by atoms with Crippen molar-refractivity contribution in [1.29, 1.82) is 5.26 Å². The molecule has 0 saturated carbocycles. The Kier molecular flexibility index (Phi) is 6.43. The lowest BCUT2D eigenvalue weighted by molar-refractivity contribution is -0.117. The molecule has 8 nitrogen and oxygen atoms in total. The summed E-state index contributed by atoms with van der Waals surface area (Å²) in [6, 6.07) is 14.5. The first kappa shape index (κ1) is 20.3. The number of nitriles is 1. The van der Waals surface area contributed by atoms with Crippen molar-refractivity contribution in [3.05, 3.63) is 57.6 Å². The maximum Gasteiger partial charge on any atom is 0.198 e. The molecule has 148 valence electrons. The molecule has 2 aromatic carbocycles. The first-order chi connectivity index (χ1) is 14.0. The highest BCUT2D eigenvalue weighted by Crippen LogP contribution is 2.21. The van der Waals surface area contributed by atoms with E-state index in [9.17, 15) is 4.79 Å². The highest BCUT2D eigenvalue weighted by molar-refractivity contribution is 7.72. The van der Waals surface area contributed by atoms with Crippen molar-refractivity contribution in [2.24, 2.45) is 0 Å². The second-order valence-corrected chi connectivity index (χ2v) is 6.90. The number of carbonyl (C=O) groups is 1. The van der Waals surface area contributed by atoms with Crippen molar-refractivity contribution in [3.8, 4) is 17.5 Å². The molecule has 1 aromatic heterocycles. The van der Waals surface area contributed by atoms with Gasteiger partial charge in [-0.15, -0.1) is 0 Å². The summed E-state index contributed by atoms with van der Waals surface area (Å²) >= 11 is 10.5. The number of H-pyrrole nitrogens is 2. The molecule has 0 aliphatic rings. The second kappa shape index (κ2) is 9.18. The van der Waals surface area contributed by atoms with Gasteiger partial charge in [-0.25, -0.2) is 0 Å². The minimum atomic E-state index is -0.170. The number of Topliss-reactive ketones (excluding diaryl/α,β-unsaturated/α-hetero) is 1. The second-order valence-electron chi connectivity index (χ2n) is 6.12. The minimum Gasteiger partial charge on any atom is -0.473 e. The Hall–Kier alpha value is -3.42. The lowest BCUT2D eigenvalue weighted by atomic mass is 10.1. The maximum atomic E-state index is 11.6. The number of ketones is 1. The van der Waals surface area contributed by atoms with Crippen LogP contribution < -0.4 is 15.8 Å². The fourth-order valence-corrected chi connectivity index (χ4v) is 3.24. The Morgan fingerprint density at radius 1 is 1.21 bits per heavy atom. The van der Waals surface area contributed by atoms with Gasteiger partial charge in [0.1, 0.15) is 5.75 Å². The van der Waals surface area contributed by atoms with E-state index in [0.717, 1.165) is 11.4 Å². The van der Waals surface area contributed by atoms with Gasteiger partial charge in [0.15, 0.2) is 22.1 Å². The molecular weight excluding hydrogens is 408 g/mol. The number of ether oxygens (including phenoxy) is 1. The predicted octanol–water partition coefficient (Wildman–Crippen LogP) is 3.65. The van der Waals surface area contributed by atoms with Gasteiger partial charge >= 0.3 is 0 Å². The number of nitrogen functional groups attached to an aromatic ring is 1. The van der Waals surface area contributed by atoms with Crippen LogP contribution in [0, 0.1) is 20.9 Å². The van der Waals surface area contributed by atoms with Gasteiger partial charge in [0.05, 0.1) is 18.2 Å². The van der Waals surface area contributed by atoms with Crippen molar-refractivity contribution in [2.45, 2.75) is 12.8 Å². The normalized spacial score (nSPS) is 10.3. The smallest absolute Gasteiger partial charge is 0.198 e. The summed E-state index contributed by atoms with van der Waals surface area (Å²) < 4.78 is 8.36. The van der Waals surface area contributed by atoms with E-state index >= 15 is 0 Å². The zero-order valence-electron chi connectivity index (χ0n) is 15.3. The molecule has 3 rings (SSSR count). The van der Waals surface area contributed by atoms with Crippen molar-refractivity contribution in [2.75, 3.05) is 17.8 Å². The number of carbonyl (C=O) groups excluding carboxylic acids is 1. The third-order valence-corrected chi connectivity index (χ3v) is 4.65. The average Bonchev–Trinajstić information content (AvgIpc) is 3.03. The Bertz CT molecular complexity index is 1160. The Labute approximate surface area is 176 Å². The lowest BCUT2D eigenvalue weighted by Gasteiger charge is -2.12. The van der Waals surface area contributed by atoms with Gasteiger partial charge in [-0.05, 0) is 54.3 Å². The number of anilines is 2. The van der Waals surface area contributed by atoms with Crippen LogP contribution in [-0.4, -0.2) is 27.3 Å². The van der Waals surface area contributed by atoms with E-state index in [-0.39, 0.29) is 25.4 Å². The number of rotatable bonds is 8. The van der Waals surface area contributed by atoms with Gasteiger partial charge in [-0.1, -0.05) is 12.1 Å². The molecule has 0 aliphatic heterocycles. The number of nitrogens with two attached hydrogens (primary N) is 1.